The molecule has 0 aromatic carbocycles. The number of β-amino-alcohol motifs (C(OH)–C–C–N with tert-alkyl or cyclic N) is 1. The first-order valence-electron chi connectivity index (χ1n) is 7.58. The van der Waals surface area contributed by atoms with Gasteiger partial charge < -0.3 is 26.0 Å². The second-order valence-electron chi connectivity index (χ2n) is 5.93. The molecule has 0 saturated heterocycles. The van der Waals surface area contributed by atoms with Gasteiger partial charge in [0, 0.05) is 19.7 Å². The number of rotatable bonds is 9. The minimum atomic E-state index is -0.874. The molecule has 0 radical (unpaired) electrons. The summed E-state index contributed by atoms with van der Waals surface area (Å²) in [6.07, 6.45) is 2.78. The number of nitrogens with two attached hydrogens (primary N) is 1. The number of nitrogens with zero attached hydrogens (tertiary/aromatic N) is 2. The minimum absolute atomic E-state index is 0.101. The third-order valence-corrected chi connectivity index (χ3v) is 3.73. The number of aliphatic carboxylic acids is 1. The number of carbonyl (C=O) groups is 1. The molecule has 7 heteroatoms. The van der Waals surface area contributed by atoms with Crippen LogP contribution in [0.1, 0.15) is 33.1 Å². The number of guanidine groups is 1. The Labute approximate surface area is 131 Å². The summed E-state index contributed by atoms with van der Waals surface area (Å²) >= 11 is 0. The monoisotopic (exact) mass is 313 g/mol. The highest BCUT2D eigenvalue weighted by atomic mass is 16.4. The minimum Gasteiger partial charge on any atom is -0.481 e. The average molecular weight is 313 g/mol. The maximum atomic E-state index is 11.5. The van der Waals surface area contributed by atoms with Crippen LogP contribution < -0.4 is 5.73 Å². The van der Waals surface area contributed by atoms with E-state index in [1.165, 1.54) is 0 Å². The van der Waals surface area contributed by atoms with Gasteiger partial charge in [0.1, 0.15) is 0 Å². The Bertz CT molecular complexity index is 433. The molecular formula is C15H27N3O4. The van der Waals surface area contributed by atoms with Crippen LogP contribution in [-0.2, 0) is 4.79 Å². The molecule has 1 rings (SSSR count). The molecule has 126 valence electrons. The molecule has 0 saturated carbocycles. The molecule has 22 heavy (non-hydrogen) atoms. The second kappa shape index (κ2) is 8.75. The number of hydrogen-bond donors (Lipinski definition) is 4. The summed E-state index contributed by atoms with van der Waals surface area (Å²) in [5.41, 5.74) is 6.99. The Morgan fingerprint density at radius 2 is 2.18 bits per heavy atom. The topological polar surface area (TPSA) is 119 Å². The molecular weight excluding hydrogens is 286 g/mol. The summed E-state index contributed by atoms with van der Waals surface area (Å²) in [5, 5.41) is 27.9. The molecule has 3 atom stereocenters. The van der Waals surface area contributed by atoms with Crippen molar-refractivity contribution in [3.63, 3.8) is 0 Å². The van der Waals surface area contributed by atoms with E-state index in [-0.39, 0.29) is 25.5 Å². The summed E-state index contributed by atoms with van der Waals surface area (Å²) in [6, 6.07) is -0.399. The number of allylic oxidation sites excluding steroid dienone is 2. The van der Waals surface area contributed by atoms with Crippen LogP contribution in [0.5, 0.6) is 0 Å². The van der Waals surface area contributed by atoms with E-state index in [1.807, 2.05) is 19.9 Å². The first kappa shape index (κ1) is 18.4. The van der Waals surface area contributed by atoms with Crippen LogP contribution in [0.2, 0.25) is 0 Å². The molecule has 5 N–H and O–H groups in total. The molecule has 7 nitrogen and oxygen atoms in total. The standard InChI is InChI=1S/C15H27N3O4/c1-10(2)4-3-5-12(14(21)22)13-9-18(15(16)17-13)8-11(20)6-7-19/h4,11-13,19-20H,3,5-9H2,1-2H3,(H2,16,17)(H,21,22)/t11-,12+,13-/m0/s1. The van der Waals surface area contributed by atoms with Gasteiger partial charge in [-0.25, -0.2) is 4.99 Å². The van der Waals surface area contributed by atoms with Gasteiger partial charge in [-0.1, -0.05) is 11.6 Å². The summed E-state index contributed by atoms with van der Waals surface area (Å²) in [6.45, 7) is 4.50. The lowest BCUT2D eigenvalue weighted by atomic mass is 9.94. The van der Waals surface area contributed by atoms with Crippen molar-refractivity contribution in [3.05, 3.63) is 11.6 Å². The molecule has 0 unspecified atom stereocenters. The van der Waals surface area contributed by atoms with Crippen molar-refractivity contribution >= 4 is 11.9 Å². The zero-order chi connectivity index (χ0) is 16.7. The number of aliphatic imine (C=N–C) groups is 1. The summed E-state index contributed by atoms with van der Waals surface area (Å²) in [7, 11) is 0. The second-order valence-corrected chi connectivity index (χ2v) is 5.93. The fourth-order valence-corrected chi connectivity index (χ4v) is 2.52. The molecule has 0 fully saturated rings. The predicted molar refractivity (Wildman–Crippen MR) is 84.5 cm³/mol. The predicted octanol–water partition coefficient (Wildman–Crippen LogP) is 0.176. The molecule has 0 aromatic rings. The smallest absolute Gasteiger partial charge is 0.308 e. The van der Waals surface area contributed by atoms with E-state index >= 15 is 0 Å². The quantitative estimate of drug-likeness (QED) is 0.451. The van der Waals surface area contributed by atoms with Crippen molar-refractivity contribution in [3.8, 4) is 0 Å². The van der Waals surface area contributed by atoms with Gasteiger partial charge in [-0.05, 0) is 33.1 Å². The van der Waals surface area contributed by atoms with Crippen LogP contribution in [0.4, 0.5) is 0 Å². The van der Waals surface area contributed by atoms with Crippen LogP contribution in [0.25, 0.3) is 0 Å². The van der Waals surface area contributed by atoms with Gasteiger partial charge >= 0.3 is 5.97 Å². The maximum Gasteiger partial charge on any atom is 0.308 e. The van der Waals surface area contributed by atoms with Gasteiger partial charge in [0.25, 0.3) is 0 Å². The summed E-state index contributed by atoms with van der Waals surface area (Å²) in [4.78, 5) is 17.4. The van der Waals surface area contributed by atoms with Crippen molar-refractivity contribution in [1.29, 1.82) is 0 Å². The van der Waals surface area contributed by atoms with E-state index < -0.39 is 24.0 Å². The Balaban J connectivity index is 2.63. The third-order valence-electron chi connectivity index (χ3n) is 3.73. The Morgan fingerprint density at radius 3 is 2.73 bits per heavy atom. The fourth-order valence-electron chi connectivity index (χ4n) is 2.52. The fraction of sp³-hybridized carbons (Fsp3) is 0.733. The Kier molecular flexibility index (Phi) is 7.34. The molecule has 0 bridgehead atoms. The van der Waals surface area contributed by atoms with Crippen LogP contribution in [-0.4, -0.2) is 64.0 Å². The van der Waals surface area contributed by atoms with E-state index in [0.717, 1.165) is 5.57 Å². The zero-order valence-corrected chi connectivity index (χ0v) is 13.3. The highest BCUT2D eigenvalue weighted by Crippen LogP contribution is 2.21. The van der Waals surface area contributed by atoms with E-state index in [2.05, 4.69) is 4.99 Å². The van der Waals surface area contributed by atoms with Crippen molar-refractivity contribution < 1.29 is 20.1 Å². The van der Waals surface area contributed by atoms with E-state index in [9.17, 15) is 15.0 Å². The summed E-state index contributed by atoms with van der Waals surface area (Å²) < 4.78 is 0. The average Bonchev–Trinajstić information content (AvgIpc) is 2.75. The molecule has 0 aromatic heterocycles. The molecule has 0 spiro atoms. The third kappa shape index (κ3) is 5.65. The van der Waals surface area contributed by atoms with Crippen LogP contribution in [0, 0.1) is 5.92 Å². The van der Waals surface area contributed by atoms with Crippen LogP contribution >= 0.6 is 0 Å². The molecule has 1 aliphatic rings. The number of aliphatic hydroxyl groups excluding tert-OH is 2. The number of carboxylic acid groups (broad SMARTS) is 1. The first-order chi connectivity index (χ1) is 10.3. The normalized spacial score (nSPS) is 20.5. The van der Waals surface area contributed by atoms with E-state index in [4.69, 9.17) is 10.8 Å². The van der Waals surface area contributed by atoms with Gasteiger partial charge in [-0.15, -0.1) is 0 Å². The maximum absolute atomic E-state index is 11.5. The van der Waals surface area contributed by atoms with Crippen LogP contribution in [0.15, 0.2) is 16.6 Å². The van der Waals surface area contributed by atoms with Crippen molar-refractivity contribution in [1.82, 2.24) is 4.90 Å². The zero-order valence-electron chi connectivity index (χ0n) is 13.3. The van der Waals surface area contributed by atoms with Crippen molar-refractivity contribution in [2.45, 2.75) is 45.3 Å². The Hall–Kier alpha value is -1.60. The number of hydrogen-bond acceptors (Lipinski definition) is 6. The largest absolute Gasteiger partial charge is 0.481 e. The van der Waals surface area contributed by atoms with E-state index in [1.54, 1.807) is 4.90 Å². The lowest BCUT2D eigenvalue weighted by Gasteiger charge is -2.23. The van der Waals surface area contributed by atoms with Crippen molar-refractivity contribution in [2.75, 3.05) is 19.7 Å². The summed E-state index contributed by atoms with van der Waals surface area (Å²) in [5.74, 6) is -1.20. The highest BCUT2D eigenvalue weighted by molar-refractivity contribution is 5.81. The van der Waals surface area contributed by atoms with Gasteiger partial charge in [0.05, 0.1) is 18.1 Å². The molecule has 0 amide bonds. The van der Waals surface area contributed by atoms with Gasteiger partial charge in [-0.2, -0.15) is 0 Å². The van der Waals surface area contributed by atoms with Gasteiger partial charge in [0.2, 0.25) is 0 Å². The van der Waals surface area contributed by atoms with Gasteiger partial charge in [0.15, 0.2) is 5.96 Å². The number of carboxylic acids is 1. The van der Waals surface area contributed by atoms with E-state index in [0.29, 0.717) is 19.4 Å². The molecule has 0 aliphatic carbocycles. The number of aliphatic hydroxyl groups is 2. The molecule has 1 aliphatic heterocycles. The Morgan fingerprint density at radius 1 is 1.50 bits per heavy atom. The van der Waals surface area contributed by atoms with Crippen molar-refractivity contribution in [2.24, 2.45) is 16.6 Å². The lowest BCUT2D eigenvalue weighted by Crippen LogP contribution is -2.41. The molecule has 1 heterocycles. The lowest BCUT2D eigenvalue weighted by molar-refractivity contribution is -0.142. The SMILES string of the molecule is CC(C)=CCC[C@@H](C(=O)O)[C@@H]1CN(C[C@@H](O)CCO)C(N)=N1. The van der Waals surface area contributed by atoms with Gasteiger partial charge in [-0.3, -0.25) is 4.79 Å². The first-order valence-corrected chi connectivity index (χ1v) is 7.58. The highest BCUT2D eigenvalue weighted by Gasteiger charge is 2.34. The van der Waals surface area contributed by atoms with Crippen LogP contribution in [0.3, 0.4) is 0 Å².